The van der Waals surface area contributed by atoms with Gasteiger partial charge in [-0.05, 0) is 17.7 Å². The Morgan fingerprint density at radius 2 is 2.19 bits per heavy atom. The van der Waals surface area contributed by atoms with Gasteiger partial charge in [-0.3, -0.25) is 4.79 Å². The first-order chi connectivity index (χ1) is 7.63. The SMILES string of the molecule is Nc1cc(=O)[nH]c(Cc2cccc(Br)c2)n1. The molecule has 3 N–H and O–H groups in total. The molecule has 0 saturated carbocycles. The number of rotatable bonds is 2. The normalized spacial score (nSPS) is 10.3. The minimum absolute atomic E-state index is 0.225. The molecule has 0 spiro atoms. The van der Waals surface area contributed by atoms with Gasteiger partial charge >= 0.3 is 0 Å². The molecule has 0 saturated heterocycles. The third-order valence-electron chi connectivity index (χ3n) is 2.07. The zero-order valence-electron chi connectivity index (χ0n) is 8.40. The summed E-state index contributed by atoms with van der Waals surface area (Å²) in [5.74, 6) is 0.817. The molecule has 2 rings (SSSR count). The van der Waals surface area contributed by atoms with Crippen LogP contribution in [0, 0.1) is 0 Å². The number of H-pyrrole nitrogens is 1. The van der Waals surface area contributed by atoms with Crippen molar-refractivity contribution < 1.29 is 0 Å². The Labute approximate surface area is 101 Å². The first kappa shape index (κ1) is 10.9. The number of nitrogen functional groups attached to an aromatic ring is 1. The van der Waals surface area contributed by atoms with Crippen LogP contribution in [0.1, 0.15) is 11.4 Å². The summed E-state index contributed by atoms with van der Waals surface area (Å²) >= 11 is 3.39. The van der Waals surface area contributed by atoms with Gasteiger partial charge in [0.2, 0.25) is 0 Å². The predicted molar refractivity (Wildman–Crippen MR) is 66.2 cm³/mol. The van der Waals surface area contributed by atoms with Crippen molar-refractivity contribution in [2.45, 2.75) is 6.42 Å². The highest BCUT2D eigenvalue weighted by Crippen LogP contribution is 2.13. The van der Waals surface area contributed by atoms with Gasteiger partial charge in [-0.2, -0.15) is 0 Å². The van der Waals surface area contributed by atoms with E-state index in [1.54, 1.807) is 0 Å². The number of hydrogen-bond donors (Lipinski definition) is 2. The van der Waals surface area contributed by atoms with Crippen LogP contribution >= 0.6 is 15.9 Å². The lowest BCUT2D eigenvalue weighted by Gasteiger charge is -2.02. The van der Waals surface area contributed by atoms with Crippen LogP contribution in [-0.2, 0) is 6.42 Å². The van der Waals surface area contributed by atoms with Crippen LogP contribution in [-0.4, -0.2) is 9.97 Å². The Balaban J connectivity index is 2.30. The Kier molecular flexibility index (Phi) is 3.05. The second kappa shape index (κ2) is 4.49. The Hall–Kier alpha value is -1.62. The number of anilines is 1. The molecule has 5 heteroatoms. The van der Waals surface area contributed by atoms with Gasteiger partial charge in [0.25, 0.3) is 5.56 Å². The first-order valence-electron chi connectivity index (χ1n) is 4.73. The molecule has 82 valence electrons. The summed E-state index contributed by atoms with van der Waals surface area (Å²) in [5.41, 5.74) is 6.34. The van der Waals surface area contributed by atoms with Crippen LogP contribution in [0.2, 0.25) is 0 Å². The number of aromatic amines is 1. The zero-order chi connectivity index (χ0) is 11.5. The highest BCUT2D eigenvalue weighted by molar-refractivity contribution is 9.10. The molecule has 0 unspecified atom stereocenters. The molecule has 0 bridgehead atoms. The number of nitrogens with zero attached hydrogens (tertiary/aromatic N) is 1. The fourth-order valence-electron chi connectivity index (χ4n) is 1.45. The quantitative estimate of drug-likeness (QED) is 0.879. The van der Waals surface area contributed by atoms with Crippen molar-refractivity contribution in [2.24, 2.45) is 0 Å². The fourth-order valence-corrected chi connectivity index (χ4v) is 1.90. The largest absolute Gasteiger partial charge is 0.383 e. The number of hydrogen-bond acceptors (Lipinski definition) is 3. The van der Waals surface area contributed by atoms with Crippen LogP contribution in [0.3, 0.4) is 0 Å². The molecule has 0 amide bonds. The highest BCUT2D eigenvalue weighted by Gasteiger charge is 2.01. The van der Waals surface area contributed by atoms with E-state index in [0.717, 1.165) is 10.0 Å². The molecule has 0 atom stereocenters. The summed E-state index contributed by atoms with van der Waals surface area (Å²) in [5, 5.41) is 0. The van der Waals surface area contributed by atoms with Gasteiger partial charge < -0.3 is 10.7 Å². The van der Waals surface area contributed by atoms with Crippen LogP contribution in [0.4, 0.5) is 5.82 Å². The van der Waals surface area contributed by atoms with Crippen molar-refractivity contribution in [1.82, 2.24) is 9.97 Å². The van der Waals surface area contributed by atoms with Crippen molar-refractivity contribution in [2.75, 3.05) is 5.73 Å². The van der Waals surface area contributed by atoms with Crippen LogP contribution in [0.15, 0.2) is 39.6 Å². The van der Waals surface area contributed by atoms with Gasteiger partial charge in [0.1, 0.15) is 11.6 Å². The summed E-state index contributed by atoms with van der Waals surface area (Å²) in [6, 6.07) is 9.09. The van der Waals surface area contributed by atoms with Gasteiger partial charge in [-0.15, -0.1) is 0 Å². The number of aromatic nitrogens is 2. The molecule has 1 aromatic carbocycles. The number of halogens is 1. The molecule has 0 radical (unpaired) electrons. The Bertz CT molecular complexity index is 565. The predicted octanol–water partition coefficient (Wildman–Crippen LogP) is 1.71. The van der Waals surface area contributed by atoms with E-state index in [1.807, 2.05) is 24.3 Å². The van der Waals surface area contributed by atoms with E-state index in [0.29, 0.717) is 12.2 Å². The van der Waals surface area contributed by atoms with E-state index in [2.05, 4.69) is 25.9 Å². The minimum Gasteiger partial charge on any atom is -0.383 e. The van der Waals surface area contributed by atoms with Gasteiger partial charge in [0.05, 0.1) is 0 Å². The highest BCUT2D eigenvalue weighted by atomic mass is 79.9. The van der Waals surface area contributed by atoms with Gasteiger partial charge in [-0.1, -0.05) is 28.1 Å². The summed E-state index contributed by atoms with van der Waals surface area (Å²) in [6.45, 7) is 0. The topological polar surface area (TPSA) is 71.8 Å². The standard InChI is InChI=1S/C11H10BrN3O/c12-8-3-1-2-7(4-8)5-10-14-9(13)6-11(16)15-10/h1-4,6H,5H2,(H3,13,14,15,16). The second-order valence-corrected chi connectivity index (χ2v) is 4.34. The maximum atomic E-state index is 11.2. The summed E-state index contributed by atoms with van der Waals surface area (Å²) in [7, 11) is 0. The third kappa shape index (κ3) is 2.70. The number of nitrogens with two attached hydrogens (primary N) is 1. The minimum atomic E-state index is -0.225. The average Bonchev–Trinajstić information content (AvgIpc) is 2.15. The summed E-state index contributed by atoms with van der Waals surface area (Å²) in [6.07, 6.45) is 0.555. The van der Waals surface area contributed by atoms with Crippen LogP contribution in [0.25, 0.3) is 0 Å². The molecule has 2 aromatic rings. The molecule has 1 aromatic heterocycles. The van der Waals surface area contributed by atoms with E-state index in [4.69, 9.17) is 5.73 Å². The number of nitrogens with one attached hydrogen (secondary N) is 1. The van der Waals surface area contributed by atoms with Gasteiger partial charge in [0.15, 0.2) is 0 Å². The van der Waals surface area contributed by atoms with E-state index in [9.17, 15) is 4.79 Å². The average molecular weight is 280 g/mol. The maximum Gasteiger partial charge on any atom is 0.252 e. The molecule has 4 nitrogen and oxygen atoms in total. The van der Waals surface area contributed by atoms with E-state index in [1.165, 1.54) is 6.07 Å². The first-order valence-corrected chi connectivity index (χ1v) is 5.53. The van der Waals surface area contributed by atoms with Crippen LogP contribution in [0.5, 0.6) is 0 Å². The molecular weight excluding hydrogens is 270 g/mol. The molecular formula is C11H10BrN3O. The molecule has 0 aliphatic heterocycles. The van der Waals surface area contributed by atoms with Crippen LogP contribution < -0.4 is 11.3 Å². The van der Waals surface area contributed by atoms with Gasteiger partial charge in [0, 0.05) is 17.0 Å². The lowest BCUT2D eigenvalue weighted by Crippen LogP contribution is -2.12. The van der Waals surface area contributed by atoms with Crippen molar-refractivity contribution in [3.8, 4) is 0 Å². The molecule has 0 aliphatic rings. The smallest absolute Gasteiger partial charge is 0.252 e. The molecule has 16 heavy (non-hydrogen) atoms. The molecule has 0 fully saturated rings. The lowest BCUT2D eigenvalue weighted by atomic mass is 10.1. The van der Waals surface area contributed by atoms with E-state index < -0.39 is 0 Å². The maximum absolute atomic E-state index is 11.2. The summed E-state index contributed by atoms with van der Waals surface area (Å²) in [4.78, 5) is 17.9. The fraction of sp³-hybridized carbons (Fsp3) is 0.0909. The van der Waals surface area contributed by atoms with E-state index in [-0.39, 0.29) is 11.4 Å². The monoisotopic (exact) mass is 279 g/mol. The van der Waals surface area contributed by atoms with Gasteiger partial charge in [-0.25, -0.2) is 4.98 Å². The lowest BCUT2D eigenvalue weighted by molar-refractivity contribution is 0.952. The zero-order valence-corrected chi connectivity index (χ0v) is 9.99. The van der Waals surface area contributed by atoms with E-state index >= 15 is 0 Å². The van der Waals surface area contributed by atoms with Crippen molar-refractivity contribution in [3.63, 3.8) is 0 Å². The third-order valence-corrected chi connectivity index (χ3v) is 2.56. The summed E-state index contributed by atoms with van der Waals surface area (Å²) < 4.78 is 0.997. The van der Waals surface area contributed by atoms with Crippen molar-refractivity contribution in [1.29, 1.82) is 0 Å². The Morgan fingerprint density at radius 3 is 2.88 bits per heavy atom. The van der Waals surface area contributed by atoms with Crippen molar-refractivity contribution in [3.05, 3.63) is 56.5 Å². The molecule has 0 aliphatic carbocycles. The second-order valence-electron chi connectivity index (χ2n) is 3.42. The number of benzene rings is 1. The van der Waals surface area contributed by atoms with Crippen molar-refractivity contribution >= 4 is 21.7 Å². The molecule has 1 heterocycles. The Morgan fingerprint density at radius 1 is 1.38 bits per heavy atom.